The highest BCUT2D eigenvalue weighted by atomic mass is 14.9. The standard InChI is InChI=1S/C11H19N3/c1-7(2)9-5-6-13-11(14-9)10(12)8(3)4/h5-8,10H,12H2,1-4H3. The first kappa shape index (κ1) is 11.1. The summed E-state index contributed by atoms with van der Waals surface area (Å²) in [5.41, 5.74) is 7.04. The summed E-state index contributed by atoms with van der Waals surface area (Å²) in [5.74, 6) is 1.56. The quantitative estimate of drug-likeness (QED) is 0.801. The van der Waals surface area contributed by atoms with E-state index in [1.807, 2.05) is 6.07 Å². The van der Waals surface area contributed by atoms with E-state index in [0.29, 0.717) is 11.8 Å². The Bertz CT molecular complexity index is 294. The lowest BCUT2D eigenvalue weighted by molar-refractivity contribution is 0.487. The molecule has 3 heteroatoms. The van der Waals surface area contributed by atoms with E-state index in [-0.39, 0.29) is 6.04 Å². The summed E-state index contributed by atoms with van der Waals surface area (Å²) < 4.78 is 0. The summed E-state index contributed by atoms with van der Waals surface area (Å²) in [6, 6.07) is 1.88. The third-order valence-corrected chi connectivity index (χ3v) is 2.30. The molecule has 0 saturated carbocycles. The van der Waals surface area contributed by atoms with Crippen molar-refractivity contribution in [2.75, 3.05) is 0 Å². The fraction of sp³-hybridized carbons (Fsp3) is 0.636. The molecule has 1 rings (SSSR count). The zero-order valence-electron chi connectivity index (χ0n) is 9.36. The van der Waals surface area contributed by atoms with Crippen LogP contribution in [0.4, 0.5) is 0 Å². The first-order chi connectivity index (χ1) is 6.52. The second-order valence-electron chi connectivity index (χ2n) is 4.26. The summed E-state index contributed by atoms with van der Waals surface area (Å²) in [4.78, 5) is 8.66. The molecule has 0 aliphatic rings. The van der Waals surface area contributed by atoms with Crippen LogP contribution in [-0.4, -0.2) is 9.97 Å². The predicted molar refractivity (Wildman–Crippen MR) is 57.9 cm³/mol. The van der Waals surface area contributed by atoms with Crippen molar-refractivity contribution >= 4 is 0 Å². The van der Waals surface area contributed by atoms with Gasteiger partial charge in [-0.05, 0) is 17.9 Å². The number of aromatic nitrogens is 2. The van der Waals surface area contributed by atoms with Gasteiger partial charge in [-0.1, -0.05) is 27.7 Å². The molecule has 1 aromatic rings. The minimum atomic E-state index is -0.0614. The topological polar surface area (TPSA) is 51.8 Å². The van der Waals surface area contributed by atoms with Gasteiger partial charge in [0.15, 0.2) is 0 Å². The molecule has 3 nitrogen and oxygen atoms in total. The largest absolute Gasteiger partial charge is 0.321 e. The molecule has 0 aromatic carbocycles. The molecule has 0 amide bonds. The van der Waals surface area contributed by atoms with E-state index in [1.165, 1.54) is 0 Å². The van der Waals surface area contributed by atoms with E-state index in [1.54, 1.807) is 6.20 Å². The normalized spacial score (nSPS) is 13.6. The molecule has 0 bridgehead atoms. The molecule has 0 spiro atoms. The van der Waals surface area contributed by atoms with Gasteiger partial charge >= 0.3 is 0 Å². The van der Waals surface area contributed by atoms with Gasteiger partial charge in [-0.2, -0.15) is 0 Å². The van der Waals surface area contributed by atoms with Crippen LogP contribution in [0.3, 0.4) is 0 Å². The van der Waals surface area contributed by atoms with Gasteiger partial charge in [0, 0.05) is 11.9 Å². The summed E-state index contributed by atoms with van der Waals surface area (Å²) in [7, 11) is 0. The molecule has 2 N–H and O–H groups in total. The van der Waals surface area contributed by atoms with Crippen molar-refractivity contribution in [3.8, 4) is 0 Å². The summed E-state index contributed by atoms with van der Waals surface area (Å²) >= 11 is 0. The maximum atomic E-state index is 5.98. The van der Waals surface area contributed by atoms with Crippen molar-refractivity contribution in [3.63, 3.8) is 0 Å². The maximum Gasteiger partial charge on any atom is 0.145 e. The Labute approximate surface area is 85.8 Å². The van der Waals surface area contributed by atoms with E-state index >= 15 is 0 Å². The first-order valence-electron chi connectivity index (χ1n) is 5.10. The minimum Gasteiger partial charge on any atom is -0.321 e. The van der Waals surface area contributed by atoms with E-state index in [9.17, 15) is 0 Å². The second-order valence-corrected chi connectivity index (χ2v) is 4.26. The molecule has 0 aliphatic carbocycles. The van der Waals surface area contributed by atoms with Crippen molar-refractivity contribution in [1.82, 2.24) is 9.97 Å². The lowest BCUT2D eigenvalue weighted by atomic mass is 10.0. The predicted octanol–water partition coefficient (Wildman–Crippen LogP) is 2.26. The number of hydrogen-bond donors (Lipinski definition) is 1. The Balaban J connectivity index is 2.93. The highest BCUT2D eigenvalue weighted by Crippen LogP contribution is 2.17. The average Bonchev–Trinajstić information content (AvgIpc) is 2.16. The lowest BCUT2D eigenvalue weighted by Gasteiger charge is -2.15. The highest BCUT2D eigenvalue weighted by Gasteiger charge is 2.14. The Kier molecular flexibility index (Phi) is 3.58. The summed E-state index contributed by atoms with van der Waals surface area (Å²) in [6.45, 7) is 8.40. The number of hydrogen-bond acceptors (Lipinski definition) is 3. The van der Waals surface area contributed by atoms with Crippen molar-refractivity contribution < 1.29 is 0 Å². The summed E-state index contributed by atoms with van der Waals surface area (Å²) in [6.07, 6.45) is 1.79. The number of nitrogens with zero attached hydrogens (tertiary/aromatic N) is 2. The zero-order valence-corrected chi connectivity index (χ0v) is 9.36. The van der Waals surface area contributed by atoms with Crippen LogP contribution in [0, 0.1) is 5.92 Å². The Morgan fingerprint density at radius 1 is 1.21 bits per heavy atom. The Morgan fingerprint density at radius 2 is 1.86 bits per heavy atom. The van der Waals surface area contributed by atoms with Gasteiger partial charge in [0.2, 0.25) is 0 Å². The highest BCUT2D eigenvalue weighted by molar-refractivity contribution is 5.08. The molecule has 0 aliphatic heterocycles. The monoisotopic (exact) mass is 193 g/mol. The molecule has 0 fully saturated rings. The van der Waals surface area contributed by atoms with Gasteiger partial charge in [0.05, 0.1) is 6.04 Å². The van der Waals surface area contributed by atoms with E-state index < -0.39 is 0 Å². The van der Waals surface area contributed by atoms with Crippen LogP contribution in [0.5, 0.6) is 0 Å². The van der Waals surface area contributed by atoms with Crippen LogP contribution in [0.15, 0.2) is 12.3 Å². The summed E-state index contributed by atoms with van der Waals surface area (Å²) in [5, 5.41) is 0. The zero-order chi connectivity index (χ0) is 10.7. The lowest BCUT2D eigenvalue weighted by Crippen LogP contribution is -2.20. The molecule has 78 valence electrons. The van der Waals surface area contributed by atoms with Crippen LogP contribution in [0.25, 0.3) is 0 Å². The molecule has 1 heterocycles. The fourth-order valence-electron chi connectivity index (χ4n) is 1.17. The fourth-order valence-corrected chi connectivity index (χ4v) is 1.17. The van der Waals surface area contributed by atoms with Gasteiger partial charge in [-0.3, -0.25) is 0 Å². The molecule has 1 aromatic heterocycles. The molecule has 14 heavy (non-hydrogen) atoms. The van der Waals surface area contributed by atoms with Crippen molar-refractivity contribution in [2.45, 2.75) is 39.7 Å². The number of rotatable bonds is 3. The minimum absolute atomic E-state index is 0.0614. The second kappa shape index (κ2) is 4.51. The van der Waals surface area contributed by atoms with E-state index in [0.717, 1.165) is 11.5 Å². The molecule has 1 atom stereocenters. The van der Waals surface area contributed by atoms with Crippen LogP contribution >= 0.6 is 0 Å². The number of nitrogens with two attached hydrogens (primary N) is 1. The molecular formula is C11H19N3. The van der Waals surface area contributed by atoms with E-state index in [4.69, 9.17) is 5.73 Å². The average molecular weight is 193 g/mol. The Hall–Kier alpha value is -0.960. The Morgan fingerprint density at radius 3 is 2.36 bits per heavy atom. The van der Waals surface area contributed by atoms with Crippen LogP contribution in [0.2, 0.25) is 0 Å². The molecule has 0 saturated heterocycles. The van der Waals surface area contributed by atoms with Crippen molar-refractivity contribution in [2.24, 2.45) is 11.7 Å². The van der Waals surface area contributed by atoms with Gasteiger partial charge < -0.3 is 5.73 Å². The smallest absolute Gasteiger partial charge is 0.145 e. The maximum absolute atomic E-state index is 5.98. The van der Waals surface area contributed by atoms with Gasteiger partial charge in [-0.25, -0.2) is 9.97 Å². The third kappa shape index (κ3) is 2.51. The van der Waals surface area contributed by atoms with Crippen LogP contribution in [-0.2, 0) is 0 Å². The molecule has 1 unspecified atom stereocenters. The van der Waals surface area contributed by atoms with Gasteiger partial charge in [0.25, 0.3) is 0 Å². The molecule has 0 radical (unpaired) electrons. The van der Waals surface area contributed by atoms with Crippen LogP contribution in [0.1, 0.15) is 51.2 Å². The van der Waals surface area contributed by atoms with Gasteiger partial charge in [0.1, 0.15) is 5.82 Å². The van der Waals surface area contributed by atoms with E-state index in [2.05, 4.69) is 37.7 Å². The first-order valence-corrected chi connectivity index (χ1v) is 5.10. The van der Waals surface area contributed by atoms with Crippen LogP contribution < -0.4 is 5.73 Å². The van der Waals surface area contributed by atoms with Gasteiger partial charge in [-0.15, -0.1) is 0 Å². The van der Waals surface area contributed by atoms with Crippen molar-refractivity contribution in [3.05, 3.63) is 23.8 Å². The SMILES string of the molecule is CC(C)c1ccnc(C(N)C(C)C)n1. The van der Waals surface area contributed by atoms with Crippen molar-refractivity contribution in [1.29, 1.82) is 0 Å². The molecular weight excluding hydrogens is 174 g/mol. The third-order valence-electron chi connectivity index (χ3n) is 2.30.